The van der Waals surface area contributed by atoms with Gasteiger partial charge in [-0.15, -0.1) is 16.4 Å². The molecule has 1 aromatic carbocycles. The Balaban J connectivity index is 0.000000360. The van der Waals surface area contributed by atoms with Crippen LogP contribution >= 0.6 is 11.3 Å². The standard InChI is InChI=1S/C19H15F3N6OS.C5H9NO2/c1-29-16-14(9-28(27-16)11-19(20,21)22)26-18-23-8-7-13(25-18)15-10-30-17(24-15)12-5-3-2-4-6-12;1-6-3-2-4(7)5(6)8/h2-10H,11H2,1H3,(H,23,25,26);4,7H,2-3H2,1H3. The maximum atomic E-state index is 12.6. The van der Waals surface area contributed by atoms with Gasteiger partial charge >= 0.3 is 6.18 Å². The predicted octanol–water partition coefficient (Wildman–Crippen LogP) is 3.99. The van der Waals surface area contributed by atoms with Crippen molar-refractivity contribution in [3.63, 3.8) is 0 Å². The number of aromatic nitrogens is 5. The smallest absolute Gasteiger partial charge is 0.408 e. The van der Waals surface area contributed by atoms with Gasteiger partial charge in [0.15, 0.2) is 0 Å². The molecule has 4 aromatic rings. The summed E-state index contributed by atoms with van der Waals surface area (Å²) in [5.74, 6) is 0.0462. The van der Waals surface area contributed by atoms with Crippen LogP contribution < -0.4 is 10.1 Å². The average molecular weight is 548 g/mol. The van der Waals surface area contributed by atoms with Crippen LogP contribution in [0.3, 0.4) is 0 Å². The Morgan fingerprint density at radius 3 is 2.55 bits per heavy atom. The Kier molecular flexibility index (Phi) is 8.22. The molecule has 1 saturated heterocycles. The van der Waals surface area contributed by atoms with Gasteiger partial charge in [-0.3, -0.25) is 9.48 Å². The van der Waals surface area contributed by atoms with Crippen molar-refractivity contribution < 1.29 is 27.8 Å². The fourth-order valence-corrected chi connectivity index (χ4v) is 4.32. The van der Waals surface area contributed by atoms with E-state index in [9.17, 15) is 18.0 Å². The molecular formula is C24H24F3N7O3S. The van der Waals surface area contributed by atoms with E-state index in [1.165, 1.54) is 29.5 Å². The van der Waals surface area contributed by atoms with Gasteiger partial charge in [-0.2, -0.15) is 13.2 Å². The summed E-state index contributed by atoms with van der Waals surface area (Å²) in [4.78, 5) is 25.3. The molecule has 1 amide bonds. The molecule has 1 unspecified atom stereocenters. The largest absolute Gasteiger partial charge is 0.478 e. The number of carbonyl (C=O) groups excluding carboxylic acids is 1. The lowest BCUT2D eigenvalue weighted by atomic mass is 10.2. The van der Waals surface area contributed by atoms with Crippen molar-refractivity contribution in [2.45, 2.75) is 25.2 Å². The van der Waals surface area contributed by atoms with E-state index in [0.29, 0.717) is 24.4 Å². The van der Waals surface area contributed by atoms with E-state index >= 15 is 0 Å². The second-order valence-electron chi connectivity index (χ2n) is 8.22. The third kappa shape index (κ3) is 6.83. The van der Waals surface area contributed by atoms with Gasteiger partial charge in [0.1, 0.15) is 29.0 Å². The molecule has 1 aliphatic rings. The first-order valence-corrected chi connectivity index (χ1v) is 12.2. The van der Waals surface area contributed by atoms with Gasteiger partial charge in [-0.25, -0.2) is 15.0 Å². The molecule has 0 aliphatic carbocycles. The van der Waals surface area contributed by atoms with Crippen molar-refractivity contribution in [2.75, 3.05) is 26.0 Å². The van der Waals surface area contributed by atoms with Crippen molar-refractivity contribution in [1.29, 1.82) is 0 Å². The summed E-state index contributed by atoms with van der Waals surface area (Å²) in [6, 6.07) is 11.5. The third-order valence-electron chi connectivity index (χ3n) is 5.35. The number of likely N-dealkylation sites (N-methyl/N-ethyl adjacent to an activating group) is 1. The Morgan fingerprint density at radius 1 is 1.18 bits per heavy atom. The van der Waals surface area contributed by atoms with Crippen molar-refractivity contribution >= 4 is 28.9 Å². The van der Waals surface area contributed by atoms with Crippen LogP contribution in [0.2, 0.25) is 0 Å². The first kappa shape index (κ1) is 27.0. The second-order valence-corrected chi connectivity index (χ2v) is 9.08. The van der Waals surface area contributed by atoms with Crippen LogP contribution in [0.1, 0.15) is 6.42 Å². The number of ether oxygens (including phenoxy) is 1. The van der Waals surface area contributed by atoms with Gasteiger partial charge in [0.2, 0.25) is 5.95 Å². The topological polar surface area (TPSA) is 118 Å². The number of nitrogens with zero attached hydrogens (tertiary/aromatic N) is 6. The summed E-state index contributed by atoms with van der Waals surface area (Å²) in [5, 5.41) is 18.1. The van der Waals surface area contributed by atoms with E-state index in [1.807, 2.05) is 35.7 Å². The molecule has 3 aromatic heterocycles. The molecule has 2 N–H and O–H groups in total. The Bertz CT molecular complexity index is 1370. The van der Waals surface area contributed by atoms with Crippen LogP contribution in [0.5, 0.6) is 5.88 Å². The van der Waals surface area contributed by atoms with Gasteiger partial charge in [0.25, 0.3) is 11.8 Å². The van der Waals surface area contributed by atoms with E-state index in [4.69, 9.17) is 9.84 Å². The predicted molar refractivity (Wildman–Crippen MR) is 135 cm³/mol. The molecule has 0 radical (unpaired) electrons. The molecular weight excluding hydrogens is 523 g/mol. The fraction of sp³-hybridized carbons (Fsp3) is 0.292. The maximum Gasteiger partial charge on any atom is 0.408 e. The molecule has 4 heterocycles. The van der Waals surface area contributed by atoms with E-state index < -0.39 is 18.8 Å². The maximum absolute atomic E-state index is 12.6. The SMILES string of the molecule is CN1CCC(O)C1=O.COc1nn(CC(F)(F)F)cc1Nc1nccc(-c2csc(-c3ccccc3)n2)n1. The summed E-state index contributed by atoms with van der Waals surface area (Å²) < 4.78 is 43.7. The van der Waals surface area contributed by atoms with E-state index in [1.54, 1.807) is 19.3 Å². The number of methoxy groups -OCH3 is 1. The summed E-state index contributed by atoms with van der Waals surface area (Å²) in [6.07, 6.45) is -1.79. The van der Waals surface area contributed by atoms with Gasteiger partial charge in [-0.1, -0.05) is 30.3 Å². The molecule has 10 nitrogen and oxygen atoms in total. The minimum atomic E-state index is -4.40. The molecule has 5 rings (SSSR count). The van der Waals surface area contributed by atoms with E-state index in [-0.39, 0.29) is 23.4 Å². The lowest BCUT2D eigenvalue weighted by molar-refractivity contribution is -0.142. The number of thiazole rings is 1. The van der Waals surface area contributed by atoms with Crippen molar-refractivity contribution in [3.05, 3.63) is 54.2 Å². The summed E-state index contributed by atoms with van der Waals surface area (Å²) in [6.45, 7) is -0.535. The lowest BCUT2D eigenvalue weighted by Crippen LogP contribution is -2.24. The normalized spacial score (nSPS) is 15.3. The Labute approximate surface area is 219 Å². The van der Waals surface area contributed by atoms with Crippen molar-refractivity contribution in [2.24, 2.45) is 0 Å². The number of likely N-dealkylation sites (tertiary alicyclic amines) is 1. The number of anilines is 2. The first-order valence-electron chi connectivity index (χ1n) is 11.4. The highest BCUT2D eigenvalue weighted by molar-refractivity contribution is 7.13. The van der Waals surface area contributed by atoms with Crippen LogP contribution in [0.15, 0.2) is 54.2 Å². The van der Waals surface area contributed by atoms with Crippen LogP contribution in [0.4, 0.5) is 24.8 Å². The monoisotopic (exact) mass is 547 g/mol. The molecule has 14 heteroatoms. The quantitative estimate of drug-likeness (QED) is 0.372. The highest BCUT2D eigenvalue weighted by Gasteiger charge is 2.29. The van der Waals surface area contributed by atoms with Crippen LogP contribution in [-0.4, -0.2) is 73.6 Å². The number of nitrogens with one attached hydrogen (secondary N) is 1. The zero-order chi connectivity index (χ0) is 27.3. The minimum absolute atomic E-state index is 0.00766. The van der Waals surface area contributed by atoms with E-state index in [0.717, 1.165) is 15.3 Å². The zero-order valence-corrected chi connectivity index (χ0v) is 21.2. The van der Waals surface area contributed by atoms with Gasteiger partial charge in [0.05, 0.1) is 19.0 Å². The number of alkyl halides is 3. The van der Waals surface area contributed by atoms with Crippen LogP contribution in [0, 0.1) is 0 Å². The number of carbonyl (C=O) groups is 1. The number of hydrogen-bond acceptors (Lipinski definition) is 9. The van der Waals surface area contributed by atoms with Gasteiger partial charge < -0.3 is 20.1 Å². The molecule has 0 spiro atoms. The molecule has 1 fully saturated rings. The number of rotatable bonds is 6. The van der Waals surface area contributed by atoms with Gasteiger partial charge in [0, 0.05) is 30.7 Å². The Hall–Kier alpha value is -4.04. The van der Waals surface area contributed by atoms with E-state index in [2.05, 4.69) is 25.4 Å². The number of benzene rings is 1. The molecule has 0 saturated carbocycles. The molecule has 38 heavy (non-hydrogen) atoms. The third-order valence-corrected chi connectivity index (χ3v) is 6.24. The van der Waals surface area contributed by atoms with Crippen molar-refractivity contribution in [3.8, 4) is 27.8 Å². The fourth-order valence-electron chi connectivity index (χ4n) is 3.50. The lowest BCUT2D eigenvalue weighted by Gasteiger charge is -2.05. The molecule has 200 valence electrons. The number of hydrogen-bond donors (Lipinski definition) is 2. The van der Waals surface area contributed by atoms with Gasteiger partial charge in [-0.05, 0) is 12.5 Å². The summed E-state index contributed by atoms with van der Waals surface area (Å²) in [5.41, 5.74) is 2.47. The molecule has 1 aliphatic heterocycles. The highest BCUT2D eigenvalue weighted by atomic mass is 32.1. The first-order chi connectivity index (χ1) is 18.1. The average Bonchev–Trinajstić information content (AvgIpc) is 3.60. The second kappa shape index (κ2) is 11.6. The van der Waals surface area contributed by atoms with Crippen molar-refractivity contribution in [1.82, 2.24) is 29.6 Å². The van der Waals surface area contributed by atoms with Crippen LogP contribution in [0.25, 0.3) is 22.0 Å². The zero-order valence-electron chi connectivity index (χ0n) is 20.4. The summed E-state index contributed by atoms with van der Waals surface area (Å²) >= 11 is 1.49. The number of amides is 1. The number of aliphatic hydroxyl groups excluding tert-OH is 1. The summed E-state index contributed by atoms with van der Waals surface area (Å²) in [7, 11) is 3.02. The number of halogens is 3. The van der Waals surface area contributed by atoms with Crippen LogP contribution in [-0.2, 0) is 11.3 Å². The highest BCUT2D eigenvalue weighted by Crippen LogP contribution is 2.30. The Morgan fingerprint density at radius 2 is 1.95 bits per heavy atom. The number of aliphatic hydroxyl groups is 1. The molecule has 1 atom stereocenters. The molecule has 0 bridgehead atoms. The minimum Gasteiger partial charge on any atom is -0.478 e.